The molecule has 0 spiro atoms. The van der Waals surface area contributed by atoms with Gasteiger partial charge in [-0.05, 0) is 57.4 Å². The Bertz CT molecular complexity index is 1360. The molecule has 12 nitrogen and oxygen atoms in total. The smallest absolute Gasteiger partial charge is 0.327 e. The van der Waals surface area contributed by atoms with Crippen molar-refractivity contribution in [1.82, 2.24) is 24.6 Å². The summed E-state index contributed by atoms with van der Waals surface area (Å²) in [7, 11) is -1.72. The predicted molar refractivity (Wildman–Crippen MR) is 142 cm³/mol. The molecule has 1 aromatic carbocycles. The third-order valence-corrected chi connectivity index (χ3v) is 7.97. The van der Waals surface area contributed by atoms with Crippen LogP contribution in [0.5, 0.6) is 5.75 Å². The maximum atomic E-state index is 12.7. The lowest BCUT2D eigenvalue weighted by Gasteiger charge is -2.25. The zero-order chi connectivity index (χ0) is 27.0. The molecule has 1 saturated carbocycles. The lowest BCUT2D eigenvalue weighted by Crippen LogP contribution is -2.40. The van der Waals surface area contributed by atoms with Crippen LogP contribution in [0.2, 0.25) is 5.02 Å². The molecule has 5 rings (SSSR count). The molecule has 0 radical (unpaired) electrons. The number of imidazole rings is 1. The Morgan fingerprint density at radius 3 is 2.79 bits per heavy atom. The van der Waals surface area contributed by atoms with Gasteiger partial charge in [-0.2, -0.15) is 4.98 Å². The summed E-state index contributed by atoms with van der Waals surface area (Å²) in [4.78, 5) is 35.8. The molecule has 14 heteroatoms. The van der Waals surface area contributed by atoms with Gasteiger partial charge < -0.3 is 24.3 Å². The van der Waals surface area contributed by atoms with Crippen molar-refractivity contribution in [2.75, 3.05) is 12.3 Å². The Hall–Kier alpha value is -2.76. The normalized spacial score (nSPS) is 23.0. The van der Waals surface area contributed by atoms with Crippen molar-refractivity contribution >= 4 is 43.2 Å². The highest BCUT2D eigenvalue weighted by Gasteiger charge is 2.54. The molecule has 38 heavy (non-hydrogen) atoms. The van der Waals surface area contributed by atoms with E-state index in [1.165, 1.54) is 6.33 Å². The monoisotopic (exact) mass is 564 g/mol. The molecular weight excluding hydrogens is 535 g/mol. The molecule has 2 aliphatic rings. The molecule has 1 saturated heterocycles. The maximum Gasteiger partial charge on any atom is 0.327 e. The molecule has 204 valence electrons. The van der Waals surface area contributed by atoms with Gasteiger partial charge in [-0.1, -0.05) is 18.5 Å². The van der Waals surface area contributed by atoms with Crippen LogP contribution in [0.4, 0.5) is 5.95 Å². The average Bonchev–Trinajstić information content (AvgIpc) is 3.37. The summed E-state index contributed by atoms with van der Waals surface area (Å²) >= 11 is 6.01. The summed E-state index contributed by atoms with van der Waals surface area (Å²) in [6, 6.07) is 6.92. The number of nitrogens with zero attached hydrogens (tertiary/aromatic N) is 3. The Labute approximate surface area is 225 Å². The zero-order valence-corrected chi connectivity index (χ0v) is 22.9. The van der Waals surface area contributed by atoms with E-state index >= 15 is 0 Å². The molecule has 4 unspecified atom stereocenters. The van der Waals surface area contributed by atoms with Gasteiger partial charge in [-0.15, -0.1) is 0 Å². The van der Waals surface area contributed by atoms with Gasteiger partial charge in [0.15, 0.2) is 11.2 Å². The molecule has 2 fully saturated rings. The summed E-state index contributed by atoms with van der Waals surface area (Å²) < 4.78 is 25.7. The SMILES string of the molecule is CC(C)OC(=O)C1(NP(OCC2CC(C)C(n3cnc4c(=O)[nH]c(N)nc43)O2)Oc2ccc(Cl)cc2)CC1. The molecule has 1 aliphatic carbocycles. The lowest BCUT2D eigenvalue weighted by atomic mass is 10.1. The van der Waals surface area contributed by atoms with Crippen LogP contribution in [0.3, 0.4) is 0 Å². The van der Waals surface area contributed by atoms with Crippen LogP contribution >= 0.6 is 20.1 Å². The molecule has 4 atom stereocenters. The van der Waals surface area contributed by atoms with Crippen LogP contribution in [-0.2, 0) is 18.8 Å². The summed E-state index contributed by atoms with van der Waals surface area (Å²) in [5, 5.41) is 3.85. The van der Waals surface area contributed by atoms with E-state index in [4.69, 9.17) is 35.9 Å². The first-order valence-corrected chi connectivity index (χ1v) is 13.9. The van der Waals surface area contributed by atoms with E-state index < -0.39 is 25.9 Å². The number of aromatic nitrogens is 4. The number of ether oxygens (including phenoxy) is 2. The largest absolute Gasteiger partial charge is 0.462 e. The first kappa shape index (κ1) is 26.8. The fourth-order valence-corrected chi connectivity index (χ4v) is 5.87. The standard InChI is InChI=1S/C24H30ClN6O6P/c1-13(2)35-22(33)24(8-9-24)30-38(37-16-6-4-15(25)5-7-16)34-11-17-10-14(3)21(36-17)31-12-27-18-19(31)28-23(26)29-20(18)32/h4-7,12-14,17,21,30H,8-11H2,1-3H3,(H3,26,28,29,32). The number of rotatable bonds is 10. The number of halogens is 1. The second-order valence-electron chi connectivity index (χ2n) is 9.88. The van der Waals surface area contributed by atoms with Gasteiger partial charge in [-0.25, -0.2) is 10.1 Å². The molecule has 4 N–H and O–H groups in total. The van der Waals surface area contributed by atoms with Crippen LogP contribution in [0.1, 0.15) is 46.3 Å². The number of fused-ring (bicyclic) bond motifs is 1. The maximum absolute atomic E-state index is 12.7. The van der Waals surface area contributed by atoms with E-state index in [0.29, 0.717) is 35.7 Å². The van der Waals surface area contributed by atoms with Gasteiger partial charge in [0.05, 0.1) is 25.1 Å². The van der Waals surface area contributed by atoms with Gasteiger partial charge in [0.25, 0.3) is 5.56 Å². The first-order valence-electron chi connectivity index (χ1n) is 12.4. The number of esters is 1. The summed E-state index contributed by atoms with van der Waals surface area (Å²) in [5.74, 6) is 0.326. The molecule has 3 aromatic rings. The highest BCUT2D eigenvalue weighted by atomic mass is 35.5. The Balaban J connectivity index is 1.28. The third kappa shape index (κ3) is 5.79. The van der Waals surface area contributed by atoms with Crippen molar-refractivity contribution in [1.29, 1.82) is 0 Å². The average molecular weight is 565 g/mol. The topological polar surface area (TPSA) is 156 Å². The van der Waals surface area contributed by atoms with Crippen molar-refractivity contribution in [3.8, 4) is 5.75 Å². The number of nitrogen functional groups attached to an aromatic ring is 1. The molecule has 2 aromatic heterocycles. The van der Waals surface area contributed by atoms with Crippen molar-refractivity contribution in [2.24, 2.45) is 5.92 Å². The number of hydrogen-bond acceptors (Lipinski definition) is 10. The van der Waals surface area contributed by atoms with E-state index in [1.54, 1.807) is 28.8 Å². The van der Waals surface area contributed by atoms with E-state index in [-0.39, 0.29) is 42.2 Å². The summed E-state index contributed by atoms with van der Waals surface area (Å²) in [6.45, 7) is 5.89. The van der Waals surface area contributed by atoms with Gasteiger partial charge in [0, 0.05) is 10.9 Å². The molecule has 0 bridgehead atoms. The first-order chi connectivity index (χ1) is 18.1. The van der Waals surface area contributed by atoms with Gasteiger partial charge in [0.1, 0.15) is 17.5 Å². The highest BCUT2D eigenvalue weighted by molar-refractivity contribution is 7.45. The fraction of sp³-hybridized carbons (Fsp3) is 0.500. The Kier molecular flexibility index (Phi) is 7.61. The van der Waals surface area contributed by atoms with Crippen molar-refractivity contribution in [2.45, 2.75) is 64.0 Å². The molecule has 0 amide bonds. The van der Waals surface area contributed by atoms with Gasteiger partial charge in [-0.3, -0.25) is 19.1 Å². The van der Waals surface area contributed by atoms with Gasteiger partial charge in [0.2, 0.25) is 5.95 Å². The second kappa shape index (κ2) is 10.8. The number of carbonyl (C=O) groups excluding carboxylic acids is 1. The van der Waals surface area contributed by atoms with E-state index in [0.717, 1.165) is 0 Å². The van der Waals surface area contributed by atoms with Crippen LogP contribution in [0.15, 0.2) is 35.4 Å². The van der Waals surface area contributed by atoms with Crippen molar-refractivity contribution in [3.63, 3.8) is 0 Å². The summed E-state index contributed by atoms with van der Waals surface area (Å²) in [6.07, 6.45) is 2.58. The number of nitrogens with one attached hydrogen (secondary N) is 2. The van der Waals surface area contributed by atoms with Gasteiger partial charge >= 0.3 is 14.5 Å². The Morgan fingerprint density at radius 2 is 2.11 bits per heavy atom. The van der Waals surface area contributed by atoms with Crippen LogP contribution < -0.4 is 20.9 Å². The minimum atomic E-state index is -1.72. The van der Waals surface area contributed by atoms with Crippen LogP contribution in [0.25, 0.3) is 11.2 Å². The number of H-pyrrole nitrogens is 1. The predicted octanol–water partition coefficient (Wildman–Crippen LogP) is 3.68. The highest BCUT2D eigenvalue weighted by Crippen LogP contribution is 2.48. The fourth-order valence-electron chi connectivity index (χ4n) is 4.31. The number of aromatic amines is 1. The lowest BCUT2D eigenvalue weighted by molar-refractivity contribution is -0.150. The number of benzene rings is 1. The number of carbonyl (C=O) groups is 1. The second-order valence-corrected chi connectivity index (χ2v) is 11.5. The van der Waals surface area contributed by atoms with Crippen molar-refractivity contribution in [3.05, 3.63) is 46.0 Å². The molecule has 3 heterocycles. The molecular formula is C24H30ClN6O6P. The Morgan fingerprint density at radius 1 is 1.37 bits per heavy atom. The summed E-state index contributed by atoms with van der Waals surface area (Å²) in [5.41, 5.74) is 5.06. The number of hydrogen-bond donors (Lipinski definition) is 3. The third-order valence-electron chi connectivity index (χ3n) is 6.35. The van der Waals surface area contributed by atoms with Crippen LogP contribution in [-0.4, -0.2) is 49.8 Å². The van der Waals surface area contributed by atoms with E-state index in [2.05, 4.69) is 20.0 Å². The number of anilines is 1. The van der Waals surface area contributed by atoms with Crippen LogP contribution in [0, 0.1) is 5.92 Å². The molecule has 1 aliphatic heterocycles. The quantitative estimate of drug-likeness (QED) is 0.245. The zero-order valence-electron chi connectivity index (χ0n) is 21.2. The number of nitrogens with two attached hydrogens (primary N) is 1. The minimum absolute atomic E-state index is 0.0100. The van der Waals surface area contributed by atoms with E-state index in [1.807, 2.05) is 20.8 Å². The van der Waals surface area contributed by atoms with Crippen molar-refractivity contribution < 1.29 is 23.3 Å². The minimum Gasteiger partial charge on any atom is -0.462 e. The van der Waals surface area contributed by atoms with E-state index in [9.17, 15) is 9.59 Å².